The maximum Gasteiger partial charge on any atom is 0.251 e. The normalized spacial score (nSPS) is 19.6. The van der Waals surface area contributed by atoms with Crippen LogP contribution in [0.15, 0.2) is 30.3 Å². The van der Waals surface area contributed by atoms with Gasteiger partial charge in [0.1, 0.15) is 18.3 Å². The minimum Gasteiger partial charge on any atom is -0.356 e. The summed E-state index contributed by atoms with van der Waals surface area (Å²) >= 11 is 0. The number of nitrogens with one attached hydrogen (secondary N) is 1. The number of carbonyl (C=O) groups is 2. The summed E-state index contributed by atoms with van der Waals surface area (Å²) in [6, 6.07) is 9.10. The van der Waals surface area contributed by atoms with Crippen LogP contribution in [0.1, 0.15) is 43.5 Å². The molecule has 0 bridgehead atoms. The van der Waals surface area contributed by atoms with Gasteiger partial charge in [-0.1, -0.05) is 30.3 Å². The third-order valence-electron chi connectivity index (χ3n) is 5.03. The number of aryl methyl sites for hydroxylation is 3. The van der Waals surface area contributed by atoms with Crippen LogP contribution in [0.3, 0.4) is 0 Å². The number of aromatic nitrogens is 3. The lowest BCUT2D eigenvalue weighted by Crippen LogP contribution is -2.56. The van der Waals surface area contributed by atoms with Crippen molar-refractivity contribution in [2.24, 2.45) is 0 Å². The molecule has 29 heavy (non-hydrogen) atoms. The van der Waals surface area contributed by atoms with E-state index in [0.29, 0.717) is 13.1 Å². The molecule has 1 aliphatic rings. The van der Waals surface area contributed by atoms with E-state index >= 15 is 0 Å². The van der Waals surface area contributed by atoms with Crippen molar-refractivity contribution in [1.29, 1.82) is 0 Å². The first-order valence-corrected chi connectivity index (χ1v) is 10.0. The van der Waals surface area contributed by atoms with Crippen molar-refractivity contribution in [3.8, 4) is 0 Å². The highest BCUT2D eigenvalue weighted by molar-refractivity contribution is 5.86. The largest absolute Gasteiger partial charge is 0.356 e. The Morgan fingerprint density at radius 1 is 1.28 bits per heavy atom. The number of ether oxygens (including phenoxy) is 1. The Bertz CT molecular complexity index is 849. The Hall–Kier alpha value is -2.74. The van der Waals surface area contributed by atoms with Gasteiger partial charge in [-0.05, 0) is 39.7 Å². The van der Waals surface area contributed by atoms with Crippen molar-refractivity contribution in [2.45, 2.75) is 58.8 Å². The van der Waals surface area contributed by atoms with Crippen LogP contribution in [0, 0.1) is 13.8 Å². The van der Waals surface area contributed by atoms with Crippen molar-refractivity contribution < 1.29 is 14.3 Å². The van der Waals surface area contributed by atoms with Gasteiger partial charge in [0.15, 0.2) is 6.10 Å². The molecule has 1 aromatic heterocycles. The van der Waals surface area contributed by atoms with E-state index in [-0.39, 0.29) is 24.5 Å². The summed E-state index contributed by atoms with van der Waals surface area (Å²) in [5, 5.41) is 7.29. The molecule has 1 aliphatic heterocycles. The van der Waals surface area contributed by atoms with E-state index in [1.54, 1.807) is 4.90 Å². The molecule has 156 valence electrons. The molecule has 0 saturated carbocycles. The van der Waals surface area contributed by atoms with E-state index in [0.717, 1.165) is 23.6 Å². The highest BCUT2D eigenvalue weighted by Crippen LogP contribution is 2.32. The SMILES string of the molecule is Cc1nc(C)n(CCCNC(=O)[C@H]2OCC(=O)N(C(C)C)[C@@H]2c2ccccc2)n1. The number of hydrogen-bond acceptors (Lipinski definition) is 5. The monoisotopic (exact) mass is 399 g/mol. The lowest BCUT2D eigenvalue weighted by atomic mass is 9.96. The van der Waals surface area contributed by atoms with E-state index in [1.165, 1.54) is 0 Å². The van der Waals surface area contributed by atoms with Crippen molar-refractivity contribution in [3.05, 3.63) is 47.5 Å². The second-order valence-electron chi connectivity index (χ2n) is 7.56. The van der Waals surface area contributed by atoms with Crippen LogP contribution >= 0.6 is 0 Å². The molecule has 8 heteroatoms. The summed E-state index contributed by atoms with van der Waals surface area (Å²) < 4.78 is 7.54. The van der Waals surface area contributed by atoms with Crippen LogP contribution in [-0.2, 0) is 20.9 Å². The second kappa shape index (κ2) is 9.17. The Morgan fingerprint density at radius 3 is 2.62 bits per heavy atom. The molecule has 2 amide bonds. The molecule has 1 aromatic carbocycles. The number of morpholine rings is 1. The van der Waals surface area contributed by atoms with Gasteiger partial charge in [0.05, 0.1) is 6.04 Å². The fraction of sp³-hybridized carbons (Fsp3) is 0.524. The number of hydrogen-bond donors (Lipinski definition) is 1. The number of carbonyl (C=O) groups excluding carboxylic acids is 2. The van der Waals surface area contributed by atoms with Crippen molar-refractivity contribution >= 4 is 11.8 Å². The van der Waals surface area contributed by atoms with E-state index in [2.05, 4.69) is 15.4 Å². The lowest BCUT2D eigenvalue weighted by molar-refractivity contribution is -0.167. The first kappa shape index (κ1) is 21.0. The Labute approximate surface area is 171 Å². The van der Waals surface area contributed by atoms with Crippen molar-refractivity contribution in [3.63, 3.8) is 0 Å². The summed E-state index contributed by atoms with van der Waals surface area (Å²) in [5.41, 5.74) is 0.892. The molecular weight excluding hydrogens is 370 g/mol. The minimum absolute atomic E-state index is 0.0366. The summed E-state index contributed by atoms with van der Waals surface area (Å²) in [4.78, 5) is 31.5. The topological polar surface area (TPSA) is 89.3 Å². The Balaban J connectivity index is 1.67. The van der Waals surface area contributed by atoms with E-state index in [1.807, 2.05) is 62.7 Å². The third kappa shape index (κ3) is 4.82. The lowest BCUT2D eigenvalue weighted by Gasteiger charge is -2.42. The Kier molecular flexibility index (Phi) is 6.64. The maximum absolute atomic E-state index is 12.9. The molecule has 3 rings (SSSR count). The smallest absolute Gasteiger partial charge is 0.251 e. The average molecular weight is 399 g/mol. The number of benzene rings is 1. The van der Waals surface area contributed by atoms with Crippen LogP contribution in [0.4, 0.5) is 0 Å². The van der Waals surface area contributed by atoms with Gasteiger partial charge >= 0.3 is 0 Å². The zero-order valence-corrected chi connectivity index (χ0v) is 17.5. The first-order valence-electron chi connectivity index (χ1n) is 10.0. The standard InChI is InChI=1S/C21H29N5O3/c1-14(2)26-18(27)13-29-20(19(26)17-9-6-5-7-10-17)21(28)22-11-8-12-25-16(4)23-15(3)24-25/h5-7,9-10,14,19-20H,8,11-13H2,1-4H3,(H,22,28)/t19-,20+/m1/s1. The zero-order chi connectivity index (χ0) is 21.0. The summed E-state index contributed by atoms with van der Waals surface area (Å²) in [6.07, 6.45) is -0.0156. The van der Waals surface area contributed by atoms with Gasteiger partial charge in [0.2, 0.25) is 5.91 Å². The number of rotatable bonds is 7. The predicted molar refractivity (Wildman–Crippen MR) is 108 cm³/mol. The molecule has 8 nitrogen and oxygen atoms in total. The average Bonchev–Trinajstić information content (AvgIpc) is 3.02. The molecule has 1 fully saturated rings. The van der Waals surface area contributed by atoms with Gasteiger partial charge in [-0.2, -0.15) is 5.10 Å². The number of nitrogens with zero attached hydrogens (tertiary/aromatic N) is 4. The molecule has 2 atom stereocenters. The summed E-state index contributed by atoms with van der Waals surface area (Å²) in [7, 11) is 0. The summed E-state index contributed by atoms with van der Waals surface area (Å²) in [6.45, 7) is 8.77. The fourth-order valence-corrected chi connectivity index (χ4v) is 3.76. The van der Waals surface area contributed by atoms with Crippen molar-refractivity contribution in [2.75, 3.05) is 13.2 Å². The maximum atomic E-state index is 12.9. The molecular formula is C21H29N5O3. The molecule has 0 radical (unpaired) electrons. The molecule has 0 aliphatic carbocycles. The molecule has 0 spiro atoms. The highest BCUT2D eigenvalue weighted by Gasteiger charge is 2.42. The quantitative estimate of drug-likeness (QED) is 0.717. The molecule has 1 saturated heterocycles. The van der Waals surface area contributed by atoms with Gasteiger partial charge in [-0.3, -0.25) is 14.3 Å². The van der Waals surface area contributed by atoms with Crippen LogP contribution < -0.4 is 5.32 Å². The molecule has 2 heterocycles. The minimum atomic E-state index is -0.743. The highest BCUT2D eigenvalue weighted by atomic mass is 16.5. The van der Waals surface area contributed by atoms with Crippen LogP contribution in [-0.4, -0.2) is 56.8 Å². The van der Waals surface area contributed by atoms with Gasteiger partial charge in [0.25, 0.3) is 5.91 Å². The third-order valence-corrected chi connectivity index (χ3v) is 5.03. The molecule has 0 unspecified atom stereocenters. The summed E-state index contributed by atoms with van der Waals surface area (Å²) in [5.74, 6) is 1.30. The van der Waals surface area contributed by atoms with Crippen LogP contribution in [0.25, 0.3) is 0 Å². The van der Waals surface area contributed by atoms with E-state index < -0.39 is 12.1 Å². The predicted octanol–water partition coefficient (Wildman–Crippen LogP) is 1.78. The van der Waals surface area contributed by atoms with Crippen molar-refractivity contribution in [1.82, 2.24) is 25.0 Å². The Morgan fingerprint density at radius 2 is 2.00 bits per heavy atom. The zero-order valence-electron chi connectivity index (χ0n) is 17.5. The molecule has 2 aromatic rings. The number of amides is 2. The van der Waals surface area contributed by atoms with Gasteiger partial charge in [-0.25, -0.2) is 4.98 Å². The van der Waals surface area contributed by atoms with Gasteiger partial charge in [0, 0.05) is 19.1 Å². The van der Waals surface area contributed by atoms with Gasteiger partial charge in [-0.15, -0.1) is 0 Å². The second-order valence-corrected chi connectivity index (χ2v) is 7.56. The van der Waals surface area contributed by atoms with E-state index in [4.69, 9.17) is 4.74 Å². The molecule has 1 N–H and O–H groups in total. The fourth-order valence-electron chi connectivity index (χ4n) is 3.76. The van der Waals surface area contributed by atoms with Crippen LogP contribution in [0.5, 0.6) is 0 Å². The van der Waals surface area contributed by atoms with Gasteiger partial charge < -0.3 is 15.0 Å². The van der Waals surface area contributed by atoms with E-state index in [9.17, 15) is 9.59 Å². The first-order chi connectivity index (χ1) is 13.9. The van der Waals surface area contributed by atoms with Crippen LogP contribution in [0.2, 0.25) is 0 Å².